The van der Waals surface area contributed by atoms with Gasteiger partial charge in [0.1, 0.15) is 0 Å². The van der Waals surface area contributed by atoms with Gasteiger partial charge in [-0.2, -0.15) is 0 Å². The highest BCUT2D eigenvalue weighted by molar-refractivity contribution is 6.31. The first kappa shape index (κ1) is 12.7. The van der Waals surface area contributed by atoms with Crippen LogP contribution in [0, 0.1) is 6.92 Å². The van der Waals surface area contributed by atoms with Crippen molar-refractivity contribution in [2.75, 3.05) is 24.6 Å². The molecule has 0 amide bonds. The number of benzene rings is 1. The molecule has 1 aromatic carbocycles. The van der Waals surface area contributed by atoms with Crippen LogP contribution in [-0.2, 0) is 0 Å². The number of anilines is 1. The Morgan fingerprint density at radius 3 is 2.94 bits per heavy atom. The number of rotatable bonds is 2. The molecule has 94 valence electrons. The Bertz CT molecular complexity index is 397. The van der Waals surface area contributed by atoms with Crippen LogP contribution < -0.4 is 10.2 Å². The minimum absolute atomic E-state index is 0.121. The molecule has 4 heteroatoms. The van der Waals surface area contributed by atoms with Crippen LogP contribution in [-0.4, -0.2) is 36.9 Å². The maximum Gasteiger partial charge on any atom is 0.0649 e. The zero-order valence-electron chi connectivity index (χ0n) is 10.3. The van der Waals surface area contributed by atoms with Crippen molar-refractivity contribution < 1.29 is 5.11 Å². The fraction of sp³-hybridized carbons (Fsp3) is 0.538. The van der Waals surface area contributed by atoms with Crippen LogP contribution >= 0.6 is 11.6 Å². The maximum atomic E-state index is 9.49. The summed E-state index contributed by atoms with van der Waals surface area (Å²) in [5.41, 5.74) is 2.21. The molecule has 17 heavy (non-hydrogen) atoms. The highest BCUT2D eigenvalue weighted by Gasteiger charge is 2.28. The van der Waals surface area contributed by atoms with Crippen molar-refractivity contribution in [3.8, 4) is 0 Å². The number of aliphatic hydroxyl groups is 1. The summed E-state index contributed by atoms with van der Waals surface area (Å²) in [5, 5.41) is 13.6. The fourth-order valence-corrected chi connectivity index (χ4v) is 2.65. The summed E-state index contributed by atoms with van der Waals surface area (Å²) in [6.45, 7) is 6.09. The minimum Gasteiger partial charge on any atom is -0.394 e. The molecule has 2 unspecified atom stereocenters. The van der Waals surface area contributed by atoms with Gasteiger partial charge >= 0.3 is 0 Å². The van der Waals surface area contributed by atoms with Crippen LogP contribution in [0.3, 0.4) is 0 Å². The number of halogens is 1. The Labute approximate surface area is 107 Å². The molecule has 2 atom stereocenters. The lowest BCUT2D eigenvalue weighted by molar-refractivity contribution is 0.235. The van der Waals surface area contributed by atoms with E-state index in [0.717, 1.165) is 29.4 Å². The van der Waals surface area contributed by atoms with Crippen molar-refractivity contribution in [2.45, 2.75) is 25.9 Å². The lowest BCUT2D eigenvalue weighted by Gasteiger charge is -2.43. The summed E-state index contributed by atoms with van der Waals surface area (Å²) >= 11 is 6.17. The van der Waals surface area contributed by atoms with E-state index in [9.17, 15) is 5.11 Å². The quantitative estimate of drug-likeness (QED) is 0.845. The highest BCUT2D eigenvalue weighted by Crippen LogP contribution is 2.30. The van der Waals surface area contributed by atoms with Crippen molar-refractivity contribution in [1.82, 2.24) is 5.32 Å². The van der Waals surface area contributed by atoms with Crippen LogP contribution in [0.5, 0.6) is 0 Å². The first-order valence-corrected chi connectivity index (χ1v) is 6.38. The molecule has 2 rings (SSSR count). The van der Waals surface area contributed by atoms with E-state index < -0.39 is 0 Å². The van der Waals surface area contributed by atoms with Gasteiger partial charge in [0.25, 0.3) is 0 Å². The van der Waals surface area contributed by atoms with E-state index in [1.807, 2.05) is 19.1 Å². The second kappa shape index (κ2) is 5.25. The van der Waals surface area contributed by atoms with E-state index >= 15 is 0 Å². The molecule has 2 N–H and O–H groups in total. The molecule has 0 saturated carbocycles. The fourth-order valence-electron chi connectivity index (χ4n) is 2.48. The van der Waals surface area contributed by atoms with Crippen LogP contribution in [0.4, 0.5) is 5.69 Å². The zero-order valence-corrected chi connectivity index (χ0v) is 11.0. The van der Waals surface area contributed by atoms with Gasteiger partial charge in [-0.05, 0) is 31.5 Å². The van der Waals surface area contributed by atoms with Crippen LogP contribution in [0.25, 0.3) is 0 Å². The van der Waals surface area contributed by atoms with Crippen molar-refractivity contribution >= 4 is 17.3 Å². The monoisotopic (exact) mass is 254 g/mol. The van der Waals surface area contributed by atoms with Gasteiger partial charge in [-0.1, -0.05) is 17.7 Å². The topological polar surface area (TPSA) is 35.5 Å². The zero-order chi connectivity index (χ0) is 12.4. The molecule has 1 aliphatic heterocycles. The van der Waals surface area contributed by atoms with Crippen molar-refractivity contribution in [3.63, 3.8) is 0 Å². The second-order valence-electron chi connectivity index (χ2n) is 4.63. The predicted molar refractivity (Wildman–Crippen MR) is 71.9 cm³/mol. The summed E-state index contributed by atoms with van der Waals surface area (Å²) in [4.78, 5) is 2.28. The van der Waals surface area contributed by atoms with Crippen molar-refractivity contribution in [3.05, 3.63) is 28.8 Å². The van der Waals surface area contributed by atoms with E-state index in [2.05, 4.69) is 23.2 Å². The van der Waals surface area contributed by atoms with Crippen molar-refractivity contribution in [1.29, 1.82) is 0 Å². The van der Waals surface area contributed by atoms with Gasteiger partial charge in [0.2, 0.25) is 0 Å². The highest BCUT2D eigenvalue weighted by atomic mass is 35.5. The van der Waals surface area contributed by atoms with E-state index in [4.69, 9.17) is 11.6 Å². The summed E-state index contributed by atoms with van der Waals surface area (Å²) in [7, 11) is 0. The lowest BCUT2D eigenvalue weighted by atomic mass is 10.0. The molecule has 1 aliphatic rings. The molecule has 0 bridgehead atoms. The second-order valence-corrected chi connectivity index (χ2v) is 5.04. The van der Waals surface area contributed by atoms with Crippen LogP contribution in [0.15, 0.2) is 18.2 Å². The molecule has 1 fully saturated rings. The molecule has 0 spiro atoms. The standard InChI is InChI=1S/C13H19ClN2O/c1-9-6-15-7-11(8-17)16(9)13-5-3-4-12(14)10(13)2/h3-5,9,11,15,17H,6-8H2,1-2H3. The average Bonchev–Trinajstić information content (AvgIpc) is 2.33. The number of nitrogens with zero attached hydrogens (tertiary/aromatic N) is 1. The Balaban J connectivity index is 2.38. The van der Waals surface area contributed by atoms with E-state index in [0.29, 0.717) is 6.04 Å². The lowest BCUT2D eigenvalue weighted by Crippen LogP contribution is -2.58. The van der Waals surface area contributed by atoms with Crippen molar-refractivity contribution in [2.24, 2.45) is 0 Å². The van der Waals surface area contributed by atoms with Gasteiger partial charge in [0, 0.05) is 29.8 Å². The van der Waals surface area contributed by atoms with E-state index in [1.54, 1.807) is 0 Å². The Morgan fingerprint density at radius 2 is 2.24 bits per heavy atom. The molecule has 3 nitrogen and oxygen atoms in total. The third-order valence-electron chi connectivity index (χ3n) is 3.42. The first-order valence-electron chi connectivity index (χ1n) is 6.00. The number of hydrogen-bond acceptors (Lipinski definition) is 3. The summed E-state index contributed by atoms with van der Waals surface area (Å²) in [5.74, 6) is 0. The van der Waals surface area contributed by atoms with E-state index in [-0.39, 0.29) is 12.6 Å². The number of hydrogen-bond donors (Lipinski definition) is 2. The average molecular weight is 255 g/mol. The molecular formula is C13H19ClN2O. The normalized spacial score (nSPS) is 25.1. The minimum atomic E-state index is 0.121. The molecule has 1 aromatic rings. The Kier molecular flexibility index (Phi) is 3.92. The smallest absolute Gasteiger partial charge is 0.0649 e. The molecule has 0 aliphatic carbocycles. The third kappa shape index (κ3) is 2.41. The van der Waals surface area contributed by atoms with Gasteiger partial charge < -0.3 is 15.3 Å². The van der Waals surface area contributed by atoms with E-state index in [1.165, 1.54) is 0 Å². The van der Waals surface area contributed by atoms with Gasteiger partial charge in [-0.15, -0.1) is 0 Å². The first-order chi connectivity index (χ1) is 8.15. The third-order valence-corrected chi connectivity index (χ3v) is 3.83. The van der Waals surface area contributed by atoms with Crippen LogP contribution in [0.2, 0.25) is 5.02 Å². The Hall–Kier alpha value is -0.770. The number of aliphatic hydroxyl groups excluding tert-OH is 1. The van der Waals surface area contributed by atoms with Gasteiger partial charge in [-0.3, -0.25) is 0 Å². The summed E-state index contributed by atoms with van der Waals surface area (Å²) in [6.07, 6.45) is 0. The summed E-state index contributed by atoms with van der Waals surface area (Å²) < 4.78 is 0. The van der Waals surface area contributed by atoms with Crippen LogP contribution in [0.1, 0.15) is 12.5 Å². The molecule has 1 saturated heterocycles. The van der Waals surface area contributed by atoms with Gasteiger partial charge in [0.15, 0.2) is 0 Å². The maximum absolute atomic E-state index is 9.49. The predicted octanol–water partition coefficient (Wildman–Crippen LogP) is 1.81. The molecule has 0 radical (unpaired) electrons. The van der Waals surface area contributed by atoms with Gasteiger partial charge in [0.05, 0.1) is 12.6 Å². The SMILES string of the molecule is Cc1c(Cl)cccc1N1C(C)CNCC1CO. The molecule has 0 aromatic heterocycles. The summed E-state index contributed by atoms with van der Waals surface area (Å²) in [6, 6.07) is 6.43. The molecular weight excluding hydrogens is 236 g/mol. The Morgan fingerprint density at radius 1 is 1.47 bits per heavy atom. The number of piperazine rings is 1. The number of nitrogens with one attached hydrogen (secondary N) is 1. The van der Waals surface area contributed by atoms with Gasteiger partial charge in [-0.25, -0.2) is 0 Å². The molecule has 1 heterocycles. The largest absolute Gasteiger partial charge is 0.394 e.